The Morgan fingerprint density at radius 2 is 1.76 bits per heavy atom. The first-order chi connectivity index (χ1) is 17.9. The van der Waals surface area contributed by atoms with Crippen molar-refractivity contribution in [3.8, 4) is 0 Å². The molecule has 210 valence electrons. The molecule has 0 aromatic carbocycles. The fourth-order valence-corrected chi connectivity index (χ4v) is 7.84. The van der Waals surface area contributed by atoms with Gasteiger partial charge in [0, 0.05) is 18.7 Å². The molecule has 1 aromatic heterocycles. The second-order valence-corrected chi connectivity index (χ2v) is 13.7. The van der Waals surface area contributed by atoms with E-state index in [2.05, 4.69) is 20.6 Å². The summed E-state index contributed by atoms with van der Waals surface area (Å²) < 4.78 is 5.38. The first-order valence-corrected chi connectivity index (χ1v) is 14.5. The van der Waals surface area contributed by atoms with E-state index in [1.165, 1.54) is 25.6 Å². The number of fused-ring (bicyclic) bond motifs is 1. The molecule has 1 unspecified atom stereocenters. The quantitative estimate of drug-likeness (QED) is 0.492. The molecule has 4 aliphatic carbocycles. The van der Waals surface area contributed by atoms with Crippen LogP contribution in [-0.4, -0.2) is 62.8 Å². The number of nitrogens with one attached hydrogen (secondary N) is 2. The van der Waals surface area contributed by atoms with Crippen LogP contribution < -0.4 is 10.6 Å². The molecule has 1 aromatic rings. The van der Waals surface area contributed by atoms with Crippen LogP contribution in [0, 0.1) is 29.1 Å². The van der Waals surface area contributed by atoms with Gasteiger partial charge in [0.1, 0.15) is 23.8 Å². The van der Waals surface area contributed by atoms with Crippen LogP contribution in [0.15, 0.2) is 6.33 Å². The van der Waals surface area contributed by atoms with Crippen molar-refractivity contribution in [1.29, 1.82) is 0 Å². The van der Waals surface area contributed by atoms with Gasteiger partial charge in [0.25, 0.3) is 0 Å². The maximum Gasteiger partial charge on any atom is 0.408 e. The summed E-state index contributed by atoms with van der Waals surface area (Å²) in [4.78, 5) is 36.5. The number of carbonyl (C=O) groups excluding carboxylic acids is 2. The second-order valence-electron chi connectivity index (χ2n) is 13.7. The minimum absolute atomic E-state index is 0.0606. The number of ether oxygens (including phenoxy) is 1. The van der Waals surface area contributed by atoms with Gasteiger partial charge >= 0.3 is 6.09 Å². The minimum atomic E-state index is -0.679. The van der Waals surface area contributed by atoms with Crippen molar-refractivity contribution in [3.05, 3.63) is 17.6 Å². The predicted molar refractivity (Wildman–Crippen MR) is 144 cm³/mol. The van der Waals surface area contributed by atoms with Gasteiger partial charge in [0.2, 0.25) is 5.91 Å². The standard InChI is InChI=1S/C29H45N5O4/c1-17(2)24(33-27(37)38-28(3,4)5)26(36)34-7-6-21-22(15-34)31-16-32-25(21)30-14-23(35)29-11-18-8-19(12-29)10-20(9-18)13-29/h16-20,23-24,35H,6-15H2,1-5H3,(H,33,37)(H,30,31,32)/t18?,19?,20?,23?,24-,29?/m0/s1. The van der Waals surface area contributed by atoms with E-state index in [0.29, 0.717) is 26.1 Å². The van der Waals surface area contributed by atoms with Crippen LogP contribution in [0.25, 0.3) is 0 Å². The van der Waals surface area contributed by atoms with Crippen LogP contribution in [0.5, 0.6) is 0 Å². The molecule has 2 atom stereocenters. The Labute approximate surface area is 226 Å². The Morgan fingerprint density at radius 1 is 1.13 bits per heavy atom. The third kappa shape index (κ3) is 5.63. The van der Waals surface area contributed by atoms with Crippen LogP contribution in [-0.2, 0) is 22.5 Å². The van der Waals surface area contributed by atoms with E-state index in [9.17, 15) is 14.7 Å². The Morgan fingerprint density at radius 3 is 2.34 bits per heavy atom. The number of alkyl carbamates (subject to hydrolysis) is 1. The fourth-order valence-electron chi connectivity index (χ4n) is 7.84. The third-order valence-electron chi connectivity index (χ3n) is 9.18. The molecule has 0 spiro atoms. The van der Waals surface area contributed by atoms with Crippen molar-refractivity contribution in [3.63, 3.8) is 0 Å². The Bertz CT molecular complexity index is 1020. The summed E-state index contributed by atoms with van der Waals surface area (Å²) in [6, 6.07) is -0.679. The number of hydrogen-bond acceptors (Lipinski definition) is 7. The zero-order valence-corrected chi connectivity index (χ0v) is 23.6. The molecule has 2 amide bonds. The van der Waals surface area contributed by atoms with Crippen LogP contribution in [0.2, 0.25) is 0 Å². The molecule has 4 saturated carbocycles. The lowest BCUT2D eigenvalue weighted by Gasteiger charge is -2.58. The van der Waals surface area contributed by atoms with Crippen LogP contribution >= 0.6 is 0 Å². The number of amides is 2. The summed E-state index contributed by atoms with van der Waals surface area (Å²) in [6.45, 7) is 10.6. The van der Waals surface area contributed by atoms with Crippen molar-refractivity contribution in [2.75, 3.05) is 18.4 Å². The van der Waals surface area contributed by atoms with Gasteiger partial charge in [-0.05, 0) is 94.8 Å². The number of carbonyl (C=O) groups is 2. The largest absolute Gasteiger partial charge is 0.444 e. The number of anilines is 1. The van der Waals surface area contributed by atoms with Gasteiger partial charge in [0.05, 0.1) is 18.3 Å². The normalized spacial score (nSPS) is 29.6. The summed E-state index contributed by atoms with van der Waals surface area (Å²) in [5.41, 5.74) is 1.24. The first kappa shape index (κ1) is 27.2. The maximum absolute atomic E-state index is 13.4. The number of aliphatic hydroxyl groups excluding tert-OH is 1. The molecule has 2 heterocycles. The fraction of sp³-hybridized carbons (Fsp3) is 0.793. The van der Waals surface area contributed by atoms with Crippen molar-refractivity contribution in [2.45, 2.75) is 104 Å². The molecule has 9 heteroatoms. The topological polar surface area (TPSA) is 117 Å². The SMILES string of the molecule is CC(C)[C@H](NC(=O)OC(C)(C)C)C(=O)N1CCc2c(ncnc2NCC(O)C23CC4CC(CC(C4)C2)C3)C1. The molecule has 4 fully saturated rings. The highest BCUT2D eigenvalue weighted by Crippen LogP contribution is 2.61. The van der Waals surface area contributed by atoms with Crippen molar-refractivity contribution in [2.24, 2.45) is 29.1 Å². The summed E-state index contributed by atoms with van der Waals surface area (Å²) in [6.07, 6.45) is 8.75. The number of nitrogens with zero attached hydrogens (tertiary/aromatic N) is 3. The summed E-state index contributed by atoms with van der Waals surface area (Å²) in [7, 11) is 0. The summed E-state index contributed by atoms with van der Waals surface area (Å²) in [5, 5.41) is 17.6. The van der Waals surface area contributed by atoms with Crippen LogP contribution in [0.1, 0.15) is 84.4 Å². The van der Waals surface area contributed by atoms with E-state index in [1.54, 1.807) is 25.7 Å². The monoisotopic (exact) mass is 527 g/mol. The van der Waals surface area contributed by atoms with Gasteiger partial charge in [-0.1, -0.05) is 13.8 Å². The highest BCUT2D eigenvalue weighted by atomic mass is 16.6. The van der Waals surface area contributed by atoms with Gasteiger partial charge < -0.3 is 25.4 Å². The number of aliphatic hydroxyl groups is 1. The lowest BCUT2D eigenvalue weighted by atomic mass is 9.48. The van der Waals surface area contributed by atoms with E-state index < -0.39 is 17.7 Å². The molecule has 0 radical (unpaired) electrons. The van der Waals surface area contributed by atoms with Gasteiger partial charge in [-0.15, -0.1) is 0 Å². The molecule has 5 aliphatic rings. The van der Waals surface area contributed by atoms with Gasteiger partial charge in [-0.2, -0.15) is 0 Å². The lowest BCUT2D eigenvalue weighted by Crippen LogP contribution is -2.53. The highest BCUT2D eigenvalue weighted by molar-refractivity contribution is 5.86. The number of rotatable bonds is 7. The van der Waals surface area contributed by atoms with Crippen LogP contribution in [0.4, 0.5) is 10.6 Å². The average molecular weight is 528 g/mol. The lowest BCUT2D eigenvalue weighted by molar-refractivity contribution is -0.135. The Balaban J connectivity index is 1.22. The van der Waals surface area contributed by atoms with Gasteiger partial charge in [-0.3, -0.25) is 4.79 Å². The zero-order chi connectivity index (χ0) is 27.2. The molecule has 9 nitrogen and oxygen atoms in total. The second kappa shape index (κ2) is 10.3. The Kier molecular flexibility index (Phi) is 7.35. The van der Waals surface area contributed by atoms with Crippen LogP contribution in [0.3, 0.4) is 0 Å². The smallest absolute Gasteiger partial charge is 0.408 e. The molecule has 4 bridgehead atoms. The first-order valence-electron chi connectivity index (χ1n) is 14.5. The average Bonchev–Trinajstić information content (AvgIpc) is 2.83. The molecular formula is C29H45N5O4. The van der Waals surface area contributed by atoms with E-state index in [1.807, 2.05) is 13.8 Å². The van der Waals surface area contributed by atoms with E-state index in [-0.39, 0.29) is 23.3 Å². The highest BCUT2D eigenvalue weighted by Gasteiger charge is 2.53. The van der Waals surface area contributed by atoms with E-state index in [0.717, 1.165) is 54.1 Å². The molecule has 0 saturated heterocycles. The summed E-state index contributed by atoms with van der Waals surface area (Å²) in [5.74, 6) is 2.92. The molecule has 38 heavy (non-hydrogen) atoms. The van der Waals surface area contributed by atoms with E-state index >= 15 is 0 Å². The molecule has 3 N–H and O–H groups in total. The Hall–Kier alpha value is -2.42. The van der Waals surface area contributed by atoms with Gasteiger partial charge in [0.15, 0.2) is 0 Å². The molecular weight excluding hydrogens is 482 g/mol. The summed E-state index contributed by atoms with van der Waals surface area (Å²) >= 11 is 0. The minimum Gasteiger partial charge on any atom is -0.444 e. The van der Waals surface area contributed by atoms with Crippen molar-refractivity contribution >= 4 is 17.8 Å². The van der Waals surface area contributed by atoms with Crippen molar-refractivity contribution in [1.82, 2.24) is 20.2 Å². The van der Waals surface area contributed by atoms with E-state index in [4.69, 9.17) is 4.74 Å². The molecule has 6 rings (SSSR count). The number of hydrogen-bond donors (Lipinski definition) is 3. The van der Waals surface area contributed by atoms with Crippen molar-refractivity contribution < 1.29 is 19.4 Å². The molecule has 1 aliphatic heterocycles. The van der Waals surface area contributed by atoms with Gasteiger partial charge in [-0.25, -0.2) is 14.8 Å². The maximum atomic E-state index is 13.4. The zero-order valence-electron chi connectivity index (χ0n) is 23.6. The predicted octanol–water partition coefficient (Wildman–Crippen LogP) is 3.90. The number of aromatic nitrogens is 2. The third-order valence-corrected chi connectivity index (χ3v) is 9.18.